The molecule has 0 bridgehead atoms. The van der Waals surface area contributed by atoms with Crippen LogP contribution in [-0.4, -0.2) is 13.9 Å². The number of fused-ring (bicyclic) bond motifs is 1. The van der Waals surface area contributed by atoms with Gasteiger partial charge in [0.2, 0.25) is 0 Å². The minimum absolute atomic E-state index is 0.193. The predicted octanol–water partition coefficient (Wildman–Crippen LogP) is 3.78. The van der Waals surface area contributed by atoms with Crippen molar-refractivity contribution in [3.05, 3.63) is 29.3 Å². The number of hydrogen-bond donors (Lipinski definition) is 0. The van der Waals surface area contributed by atoms with Gasteiger partial charge in [-0.25, -0.2) is 0 Å². The molecule has 0 aliphatic heterocycles. The second-order valence-corrected chi connectivity index (χ2v) is 10.9. The number of Topliss-reactive ketones (excluding diaryl/α,β-unsaturated/α-hetero) is 1. The van der Waals surface area contributed by atoms with Crippen LogP contribution in [0.25, 0.3) is 0 Å². The van der Waals surface area contributed by atoms with Crippen LogP contribution in [0.1, 0.15) is 43.6 Å². The van der Waals surface area contributed by atoms with Crippen LogP contribution in [0.3, 0.4) is 0 Å². The summed E-state index contributed by atoms with van der Waals surface area (Å²) in [6.07, 6.45) is 0.948. The molecule has 0 N–H and O–H groups in total. The van der Waals surface area contributed by atoms with E-state index in [1.165, 1.54) is 28.9 Å². The van der Waals surface area contributed by atoms with Gasteiger partial charge in [-0.15, -0.1) is 0 Å². The lowest BCUT2D eigenvalue weighted by Gasteiger charge is -2.30. The molecule has 0 radical (unpaired) electrons. The summed E-state index contributed by atoms with van der Waals surface area (Å²) >= 11 is 0. The van der Waals surface area contributed by atoms with Crippen LogP contribution < -0.4 is 5.19 Å². The molecule has 1 atom stereocenters. The first-order valence-corrected chi connectivity index (χ1v) is 9.88. The number of hydrogen-bond acceptors (Lipinski definition) is 1. The smallest absolute Gasteiger partial charge is 0.166 e. The zero-order chi connectivity index (χ0) is 13.3. The molecule has 1 aromatic rings. The van der Waals surface area contributed by atoms with E-state index in [2.05, 4.69) is 45.9 Å². The molecule has 1 aliphatic carbocycles. The van der Waals surface area contributed by atoms with Crippen molar-refractivity contribution in [1.29, 1.82) is 0 Å². The number of rotatable bonds is 4. The van der Waals surface area contributed by atoms with Gasteiger partial charge < -0.3 is 0 Å². The van der Waals surface area contributed by atoms with Gasteiger partial charge in [0.05, 0.1) is 8.07 Å². The minimum atomic E-state index is -1.44. The lowest BCUT2D eigenvalue weighted by atomic mass is 10.1. The third-order valence-corrected chi connectivity index (χ3v) is 10.6. The van der Waals surface area contributed by atoms with Crippen molar-refractivity contribution in [3.8, 4) is 0 Å². The quantitative estimate of drug-likeness (QED) is 0.753. The molecular formula is C16H24OSi. The van der Waals surface area contributed by atoms with Gasteiger partial charge in [0.25, 0.3) is 0 Å². The summed E-state index contributed by atoms with van der Waals surface area (Å²) in [4.78, 5) is 12.4. The van der Waals surface area contributed by atoms with E-state index in [1.807, 2.05) is 0 Å². The Hall–Kier alpha value is -0.893. The van der Waals surface area contributed by atoms with Gasteiger partial charge in [-0.05, 0) is 17.2 Å². The van der Waals surface area contributed by atoms with Gasteiger partial charge in [0.1, 0.15) is 0 Å². The van der Waals surface area contributed by atoms with E-state index in [-0.39, 0.29) is 5.92 Å². The zero-order valence-electron chi connectivity index (χ0n) is 12.0. The molecule has 0 aromatic heterocycles. The Morgan fingerprint density at radius 2 is 1.78 bits per heavy atom. The standard InChI is InChI=1S/C16H24OSi/c1-5-18(6-2,7-3)14-10-8-9-13-11-12(4)16(17)15(13)14/h8-10,12H,5-7,11H2,1-4H3. The molecule has 98 valence electrons. The summed E-state index contributed by atoms with van der Waals surface area (Å²) in [5.74, 6) is 0.589. The van der Waals surface area contributed by atoms with Crippen LogP contribution >= 0.6 is 0 Å². The maximum atomic E-state index is 12.4. The second kappa shape index (κ2) is 5.00. The van der Waals surface area contributed by atoms with E-state index >= 15 is 0 Å². The third-order valence-electron chi connectivity index (χ3n) is 4.97. The van der Waals surface area contributed by atoms with Crippen LogP contribution in [0.5, 0.6) is 0 Å². The van der Waals surface area contributed by atoms with Gasteiger partial charge >= 0.3 is 0 Å². The maximum Gasteiger partial charge on any atom is 0.166 e. The number of carbonyl (C=O) groups is 1. The first-order chi connectivity index (χ1) is 8.59. The highest BCUT2D eigenvalue weighted by Gasteiger charge is 2.37. The van der Waals surface area contributed by atoms with E-state index in [0.717, 1.165) is 12.0 Å². The van der Waals surface area contributed by atoms with E-state index in [0.29, 0.717) is 5.78 Å². The molecule has 0 saturated heterocycles. The lowest BCUT2D eigenvalue weighted by molar-refractivity contribution is 0.0947. The maximum absolute atomic E-state index is 12.4. The molecular weight excluding hydrogens is 236 g/mol. The lowest BCUT2D eigenvalue weighted by Crippen LogP contribution is -2.48. The van der Waals surface area contributed by atoms with E-state index in [4.69, 9.17) is 0 Å². The zero-order valence-corrected chi connectivity index (χ0v) is 13.0. The molecule has 0 fully saturated rings. The van der Waals surface area contributed by atoms with Crippen LogP contribution in [0.4, 0.5) is 0 Å². The summed E-state index contributed by atoms with van der Waals surface area (Å²) < 4.78 is 0. The molecule has 1 unspecified atom stereocenters. The molecule has 0 heterocycles. The van der Waals surface area contributed by atoms with Crippen molar-refractivity contribution >= 4 is 19.0 Å². The van der Waals surface area contributed by atoms with E-state index in [9.17, 15) is 4.79 Å². The van der Waals surface area contributed by atoms with Crippen LogP contribution in [-0.2, 0) is 6.42 Å². The Balaban J connectivity index is 2.61. The molecule has 1 aromatic carbocycles. The van der Waals surface area contributed by atoms with E-state index in [1.54, 1.807) is 0 Å². The summed E-state index contributed by atoms with van der Waals surface area (Å²) in [5, 5.41) is 1.45. The number of ketones is 1. The number of carbonyl (C=O) groups excluding carboxylic acids is 1. The Labute approximate surface area is 112 Å². The fourth-order valence-corrected chi connectivity index (χ4v) is 7.40. The molecule has 1 aliphatic rings. The van der Waals surface area contributed by atoms with Crippen molar-refractivity contribution < 1.29 is 4.79 Å². The average Bonchev–Trinajstić information content (AvgIpc) is 2.69. The fourth-order valence-electron chi connectivity index (χ4n) is 3.49. The van der Waals surface area contributed by atoms with Crippen molar-refractivity contribution in [3.63, 3.8) is 0 Å². The molecule has 0 saturated carbocycles. The number of benzene rings is 1. The largest absolute Gasteiger partial charge is 0.294 e. The van der Waals surface area contributed by atoms with Crippen molar-refractivity contribution in [2.75, 3.05) is 0 Å². The third kappa shape index (κ3) is 1.87. The van der Waals surface area contributed by atoms with Crippen LogP contribution in [0, 0.1) is 5.92 Å². The summed E-state index contributed by atoms with van der Waals surface area (Å²) in [5.41, 5.74) is 2.42. The van der Waals surface area contributed by atoms with Gasteiger partial charge in [-0.2, -0.15) is 0 Å². The van der Waals surface area contributed by atoms with Crippen LogP contribution in [0.2, 0.25) is 18.1 Å². The first-order valence-electron chi connectivity index (χ1n) is 7.26. The van der Waals surface area contributed by atoms with Crippen molar-refractivity contribution in [2.24, 2.45) is 5.92 Å². The van der Waals surface area contributed by atoms with Gasteiger partial charge in [0, 0.05) is 11.5 Å². The monoisotopic (exact) mass is 260 g/mol. The van der Waals surface area contributed by atoms with Gasteiger partial charge in [0.15, 0.2) is 5.78 Å². The highest BCUT2D eigenvalue weighted by atomic mass is 28.3. The SMILES string of the molecule is CC[Si](CC)(CC)c1cccc2c1C(=O)C(C)C2. The van der Waals surface area contributed by atoms with E-state index < -0.39 is 8.07 Å². The Bertz CT molecular complexity index is 452. The first kappa shape index (κ1) is 13.5. The Morgan fingerprint density at radius 3 is 2.33 bits per heavy atom. The normalized spacial score (nSPS) is 19.1. The average molecular weight is 260 g/mol. The molecule has 2 rings (SSSR count). The van der Waals surface area contributed by atoms with Crippen LogP contribution in [0.15, 0.2) is 18.2 Å². The van der Waals surface area contributed by atoms with Crippen molar-refractivity contribution in [2.45, 2.75) is 52.2 Å². The molecule has 0 spiro atoms. The Kier molecular flexibility index (Phi) is 3.76. The Morgan fingerprint density at radius 1 is 1.17 bits per heavy atom. The topological polar surface area (TPSA) is 17.1 Å². The van der Waals surface area contributed by atoms with Gasteiger partial charge in [-0.1, -0.05) is 64.0 Å². The summed E-state index contributed by atoms with van der Waals surface area (Å²) in [6.45, 7) is 8.99. The second-order valence-electron chi connectivity index (χ2n) is 5.65. The molecule has 18 heavy (non-hydrogen) atoms. The molecule has 2 heteroatoms. The molecule has 1 nitrogen and oxygen atoms in total. The highest BCUT2D eigenvalue weighted by molar-refractivity contribution is 6.92. The minimum Gasteiger partial charge on any atom is -0.294 e. The summed E-state index contributed by atoms with van der Waals surface area (Å²) in [6, 6.07) is 10.3. The highest BCUT2D eigenvalue weighted by Crippen LogP contribution is 2.30. The predicted molar refractivity (Wildman–Crippen MR) is 80.5 cm³/mol. The van der Waals surface area contributed by atoms with Gasteiger partial charge in [-0.3, -0.25) is 4.79 Å². The van der Waals surface area contributed by atoms with Crippen molar-refractivity contribution in [1.82, 2.24) is 0 Å². The fraction of sp³-hybridized carbons (Fsp3) is 0.562. The molecule has 0 amide bonds. The summed E-state index contributed by atoms with van der Waals surface area (Å²) in [7, 11) is -1.44.